The second-order valence-corrected chi connectivity index (χ2v) is 6.62. The maximum absolute atomic E-state index is 12.6. The van der Waals surface area contributed by atoms with Crippen LogP contribution in [0.4, 0.5) is 8.78 Å². The van der Waals surface area contributed by atoms with Gasteiger partial charge in [0.2, 0.25) is 0 Å². The van der Waals surface area contributed by atoms with Crippen molar-refractivity contribution in [1.29, 1.82) is 0 Å². The van der Waals surface area contributed by atoms with Gasteiger partial charge < -0.3 is 20.1 Å². The fourth-order valence-corrected chi connectivity index (χ4v) is 3.06. The lowest BCUT2D eigenvalue weighted by Gasteiger charge is -2.15. The Hall–Kier alpha value is -2.89. The Morgan fingerprint density at radius 1 is 1.06 bits per heavy atom. The predicted molar refractivity (Wildman–Crippen MR) is 130 cm³/mol. The van der Waals surface area contributed by atoms with Gasteiger partial charge in [-0.2, -0.15) is 13.9 Å². The third-order valence-corrected chi connectivity index (χ3v) is 4.58. The molecule has 0 fully saturated rings. The van der Waals surface area contributed by atoms with Gasteiger partial charge >= 0.3 is 6.61 Å². The summed E-state index contributed by atoms with van der Waals surface area (Å²) in [6.07, 6.45) is 3.68. The SMILES string of the molecule is CN=C(NCc1ccc(OC)c(OC(F)F)c1)NCc1ccccc1Cn1cccn1.I. The monoisotopic (exact) mass is 557 g/mol. The van der Waals surface area contributed by atoms with Gasteiger partial charge in [-0.3, -0.25) is 9.67 Å². The Bertz CT molecular complexity index is 1000. The molecule has 7 nitrogen and oxygen atoms in total. The number of aliphatic imine (C=N–C) groups is 1. The molecular weight excluding hydrogens is 531 g/mol. The van der Waals surface area contributed by atoms with Crippen LogP contribution in [0.5, 0.6) is 11.5 Å². The van der Waals surface area contributed by atoms with Gasteiger partial charge in [0.1, 0.15) is 0 Å². The lowest BCUT2D eigenvalue weighted by molar-refractivity contribution is -0.0512. The quantitative estimate of drug-likeness (QED) is 0.236. The van der Waals surface area contributed by atoms with Gasteiger partial charge in [0, 0.05) is 32.5 Å². The topological polar surface area (TPSA) is 72.7 Å². The van der Waals surface area contributed by atoms with E-state index in [9.17, 15) is 8.78 Å². The molecule has 0 spiro atoms. The van der Waals surface area contributed by atoms with Gasteiger partial charge in [-0.05, 0) is 34.9 Å². The normalized spacial score (nSPS) is 11.1. The van der Waals surface area contributed by atoms with Crippen LogP contribution in [0.2, 0.25) is 0 Å². The van der Waals surface area contributed by atoms with E-state index in [1.165, 1.54) is 13.2 Å². The number of nitrogens with zero attached hydrogens (tertiary/aromatic N) is 3. The Morgan fingerprint density at radius 3 is 2.47 bits per heavy atom. The van der Waals surface area contributed by atoms with E-state index >= 15 is 0 Å². The zero-order valence-electron chi connectivity index (χ0n) is 17.8. The molecule has 0 saturated heterocycles. The van der Waals surface area contributed by atoms with Gasteiger partial charge in [-0.15, -0.1) is 24.0 Å². The van der Waals surface area contributed by atoms with Crippen molar-refractivity contribution in [2.24, 2.45) is 4.99 Å². The molecule has 172 valence electrons. The number of aromatic nitrogens is 2. The molecule has 2 aromatic carbocycles. The Labute approximate surface area is 202 Å². The van der Waals surface area contributed by atoms with Crippen molar-refractivity contribution in [1.82, 2.24) is 20.4 Å². The van der Waals surface area contributed by atoms with E-state index in [4.69, 9.17) is 4.74 Å². The molecule has 0 atom stereocenters. The van der Waals surface area contributed by atoms with Crippen molar-refractivity contribution >= 4 is 29.9 Å². The molecule has 3 rings (SSSR count). The van der Waals surface area contributed by atoms with Crippen LogP contribution in [-0.2, 0) is 19.6 Å². The summed E-state index contributed by atoms with van der Waals surface area (Å²) in [4.78, 5) is 4.23. The van der Waals surface area contributed by atoms with Gasteiger partial charge in [0.15, 0.2) is 17.5 Å². The number of alkyl halides is 2. The average Bonchev–Trinajstić information content (AvgIpc) is 3.28. The highest BCUT2D eigenvalue weighted by atomic mass is 127. The highest BCUT2D eigenvalue weighted by molar-refractivity contribution is 14.0. The standard InChI is InChI=1S/C22H25F2N5O2.HI/c1-25-22(26-13-16-8-9-19(30-2)20(12-16)31-21(23)24)27-14-17-6-3-4-7-18(17)15-29-11-5-10-28-29;/h3-12,21H,13-15H2,1-2H3,(H2,25,26,27);1H. The van der Waals surface area contributed by atoms with E-state index in [1.807, 2.05) is 29.1 Å². The van der Waals surface area contributed by atoms with Crippen LogP contribution in [0, 0.1) is 0 Å². The van der Waals surface area contributed by atoms with Crippen molar-refractivity contribution < 1.29 is 18.3 Å². The molecular formula is C22H26F2IN5O2. The molecule has 3 aromatic rings. The fourth-order valence-electron chi connectivity index (χ4n) is 3.06. The van der Waals surface area contributed by atoms with Gasteiger partial charge in [0.05, 0.1) is 13.7 Å². The Morgan fingerprint density at radius 2 is 1.81 bits per heavy atom. The maximum atomic E-state index is 12.6. The summed E-state index contributed by atoms with van der Waals surface area (Å²) >= 11 is 0. The highest BCUT2D eigenvalue weighted by Crippen LogP contribution is 2.29. The molecule has 10 heteroatoms. The van der Waals surface area contributed by atoms with E-state index in [2.05, 4.69) is 37.6 Å². The number of methoxy groups -OCH3 is 1. The molecule has 0 unspecified atom stereocenters. The average molecular weight is 557 g/mol. The van der Waals surface area contributed by atoms with Crippen LogP contribution in [-0.4, -0.2) is 36.5 Å². The summed E-state index contributed by atoms with van der Waals surface area (Å²) < 4.78 is 36.7. The molecule has 1 aromatic heterocycles. The summed E-state index contributed by atoms with van der Waals surface area (Å²) in [5, 5.41) is 10.7. The molecule has 0 aliphatic carbocycles. The molecule has 0 radical (unpaired) electrons. The van der Waals surface area contributed by atoms with E-state index < -0.39 is 6.61 Å². The van der Waals surface area contributed by atoms with Crippen molar-refractivity contribution in [2.75, 3.05) is 14.2 Å². The van der Waals surface area contributed by atoms with E-state index in [0.717, 1.165) is 16.7 Å². The molecule has 0 aliphatic rings. The number of hydrogen-bond donors (Lipinski definition) is 2. The zero-order chi connectivity index (χ0) is 22.1. The first-order chi connectivity index (χ1) is 15.1. The first-order valence-electron chi connectivity index (χ1n) is 9.69. The number of halogens is 3. The smallest absolute Gasteiger partial charge is 0.387 e. The summed E-state index contributed by atoms with van der Waals surface area (Å²) in [5.41, 5.74) is 3.02. The van der Waals surface area contributed by atoms with E-state index in [0.29, 0.717) is 25.6 Å². The molecule has 0 amide bonds. The van der Waals surface area contributed by atoms with E-state index in [1.54, 1.807) is 25.4 Å². The van der Waals surface area contributed by atoms with Crippen LogP contribution < -0.4 is 20.1 Å². The van der Waals surface area contributed by atoms with Crippen LogP contribution in [0.15, 0.2) is 65.9 Å². The third kappa shape index (κ3) is 7.36. The van der Waals surface area contributed by atoms with Gasteiger partial charge in [-0.1, -0.05) is 30.3 Å². The number of rotatable bonds is 9. The molecule has 0 aliphatic heterocycles. The number of nitrogens with one attached hydrogen (secondary N) is 2. The highest BCUT2D eigenvalue weighted by Gasteiger charge is 2.12. The Balaban J connectivity index is 0.00000363. The summed E-state index contributed by atoms with van der Waals surface area (Å²) in [5.74, 6) is 0.827. The minimum absolute atomic E-state index is 0. The first kappa shape index (κ1) is 25.4. The summed E-state index contributed by atoms with van der Waals surface area (Å²) in [6, 6.07) is 14.9. The van der Waals surface area contributed by atoms with Crippen LogP contribution in [0.3, 0.4) is 0 Å². The van der Waals surface area contributed by atoms with Crippen LogP contribution in [0.25, 0.3) is 0 Å². The minimum Gasteiger partial charge on any atom is -0.493 e. The number of guanidine groups is 1. The lowest BCUT2D eigenvalue weighted by Crippen LogP contribution is -2.36. The van der Waals surface area contributed by atoms with Crippen molar-refractivity contribution in [3.63, 3.8) is 0 Å². The zero-order valence-corrected chi connectivity index (χ0v) is 20.1. The number of ether oxygens (including phenoxy) is 2. The second-order valence-electron chi connectivity index (χ2n) is 6.62. The van der Waals surface area contributed by atoms with Crippen LogP contribution >= 0.6 is 24.0 Å². The molecule has 1 heterocycles. The van der Waals surface area contributed by atoms with Crippen molar-refractivity contribution in [3.05, 3.63) is 77.6 Å². The summed E-state index contributed by atoms with van der Waals surface area (Å²) in [6.45, 7) is -1.30. The minimum atomic E-state index is -2.92. The second kappa shape index (κ2) is 12.8. The maximum Gasteiger partial charge on any atom is 0.387 e. The predicted octanol–water partition coefficient (Wildman–Crippen LogP) is 4.02. The molecule has 0 bridgehead atoms. The third-order valence-electron chi connectivity index (χ3n) is 4.58. The van der Waals surface area contributed by atoms with Crippen molar-refractivity contribution in [2.45, 2.75) is 26.2 Å². The van der Waals surface area contributed by atoms with Gasteiger partial charge in [0.25, 0.3) is 0 Å². The largest absolute Gasteiger partial charge is 0.493 e. The number of benzene rings is 2. The van der Waals surface area contributed by atoms with Gasteiger partial charge in [-0.25, -0.2) is 0 Å². The molecule has 0 saturated carbocycles. The summed E-state index contributed by atoms with van der Waals surface area (Å²) in [7, 11) is 3.08. The van der Waals surface area contributed by atoms with Crippen LogP contribution in [0.1, 0.15) is 16.7 Å². The van der Waals surface area contributed by atoms with Crippen molar-refractivity contribution in [3.8, 4) is 11.5 Å². The molecule has 32 heavy (non-hydrogen) atoms. The first-order valence-corrected chi connectivity index (χ1v) is 9.69. The number of hydrogen-bond acceptors (Lipinski definition) is 4. The Kier molecular flexibility index (Phi) is 10.2. The fraction of sp³-hybridized carbons (Fsp3) is 0.273. The van der Waals surface area contributed by atoms with E-state index in [-0.39, 0.29) is 35.5 Å². The molecule has 2 N–H and O–H groups in total. The lowest BCUT2D eigenvalue weighted by atomic mass is 10.1.